The fourth-order valence-corrected chi connectivity index (χ4v) is 2.41. The van der Waals surface area contributed by atoms with Crippen molar-refractivity contribution in [3.8, 4) is 0 Å². The van der Waals surface area contributed by atoms with Gasteiger partial charge in [0, 0.05) is 0 Å². The molecule has 0 heterocycles. The standard InChI is InChI=1S/C20H38O/c1-7-9-13-19(3,4)15-11-17-21-18-12-16-20(5,6)14-10-8-2/h11-12,17-18H,7-10,13-16H2,1-6H3. The minimum atomic E-state index is 0.391. The Balaban J connectivity index is 3.87. The van der Waals surface area contributed by atoms with Gasteiger partial charge in [0.1, 0.15) is 0 Å². The van der Waals surface area contributed by atoms with Crippen LogP contribution >= 0.6 is 0 Å². The van der Waals surface area contributed by atoms with E-state index in [0.29, 0.717) is 10.8 Å². The third kappa shape index (κ3) is 12.7. The molecule has 0 saturated carbocycles. The van der Waals surface area contributed by atoms with Crippen LogP contribution in [0.25, 0.3) is 0 Å². The minimum absolute atomic E-state index is 0.391. The molecular weight excluding hydrogens is 256 g/mol. The molecule has 0 spiro atoms. The second-order valence-electron chi connectivity index (χ2n) is 7.82. The smallest absolute Gasteiger partial charge is 0.0861 e. The van der Waals surface area contributed by atoms with Crippen LogP contribution in [0.5, 0.6) is 0 Å². The first-order valence-corrected chi connectivity index (χ1v) is 8.78. The van der Waals surface area contributed by atoms with E-state index in [1.807, 2.05) is 12.5 Å². The second-order valence-corrected chi connectivity index (χ2v) is 7.82. The number of hydrogen-bond donors (Lipinski definition) is 0. The lowest BCUT2D eigenvalue weighted by atomic mass is 9.84. The number of allylic oxidation sites excluding steroid dienone is 2. The number of unbranched alkanes of at least 4 members (excludes halogenated alkanes) is 2. The normalized spacial score (nSPS) is 13.4. The van der Waals surface area contributed by atoms with Gasteiger partial charge in [-0.2, -0.15) is 0 Å². The average Bonchev–Trinajstić information content (AvgIpc) is 2.42. The lowest BCUT2D eigenvalue weighted by Gasteiger charge is -2.22. The Hall–Kier alpha value is -0.720. The highest BCUT2D eigenvalue weighted by Gasteiger charge is 2.15. The summed E-state index contributed by atoms with van der Waals surface area (Å²) in [6.07, 6.45) is 17.9. The van der Waals surface area contributed by atoms with E-state index in [0.717, 1.165) is 12.8 Å². The van der Waals surface area contributed by atoms with Gasteiger partial charge in [0.05, 0.1) is 12.5 Å². The summed E-state index contributed by atoms with van der Waals surface area (Å²) in [5.41, 5.74) is 0.781. The van der Waals surface area contributed by atoms with Crippen molar-refractivity contribution in [3.63, 3.8) is 0 Å². The van der Waals surface area contributed by atoms with Crippen molar-refractivity contribution in [2.75, 3.05) is 0 Å². The van der Waals surface area contributed by atoms with E-state index in [2.05, 4.69) is 53.7 Å². The lowest BCUT2D eigenvalue weighted by molar-refractivity contribution is 0.316. The molecule has 0 aliphatic carbocycles. The Labute approximate surface area is 133 Å². The summed E-state index contributed by atoms with van der Waals surface area (Å²) in [7, 11) is 0. The molecule has 0 aromatic carbocycles. The van der Waals surface area contributed by atoms with Crippen LogP contribution in [-0.4, -0.2) is 0 Å². The Morgan fingerprint density at radius 3 is 1.43 bits per heavy atom. The molecule has 0 bridgehead atoms. The summed E-state index contributed by atoms with van der Waals surface area (Å²) in [6, 6.07) is 0. The Morgan fingerprint density at radius 1 is 0.714 bits per heavy atom. The topological polar surface area (TPSA) is 9.23 Å². The van der Waals surface area contributed by atoms with E-state index < -0.39 is 0 Å². The minimum Gasteiger partial charge on any atom is -0.473 e. The predicted molar refractivity (Wildman–Crippen MR) is 95.2 cm³/mol. The number of ether oxygens (including phenoxy) is 1. The highest BCUT2D eigenvalue weighted by molar-refractivity contribution is 4.87. The zero-order chi connectivity index (χ0) is 16.2. The first-order valence-electron chi connectivity index (χ1n) is 8.78. The Morgan fingerprint density at radius 2 is 1.10 bits per heavy atom. The maximum atomic E-state index is 5.47. The zero-order valence-electron chi connectivity index (χ0n) is 15.4. The van der Waals surface area contributed by atoms with E-state index >= 15 is 0 Å². The molecule has 1 nitrogen and oxygen atoms in total. The van der Waals surface area contributed by atoms with E-state index in [4.69, 9.17) is 4.74 Å². The quantitative estimate of drug-likeness (QED) is 0.345. The molecule has 0 unspecified atom stereocenters. The van der Waals surface area contributed by atoms with Gasteiger partial charge < -0.3 is 4.74 Å². The fourth-order valence-electron chi connectivity index (χ4n) is 2.41. The first-order chi connectivity index (χ1) is 9.83. The summed E-state index contributed by atoms with van der Waals surface area (Å²) >= 11 is 0. The van der Waals surface area contributed by atoms with Crippen LogP contribution in [0.4, 0.5) is 0 Å². The first kappa shape index (κ1) is 20.3. The van der Waals surface area contributed by atoms with Crippen molar-refractivity contribution < 1.29 is 4.74 Å². The molecule has 0 aromatic heterocycles. The van der Waals surface area contributed by atoms with Crippen LogP contribution in [0.15, 0.2) is 24.7 Å². The largest absolute Gasteiger partial charge is 0.473 e. The molecule has 0 amide bonds. The van der Waals surface area contributed by atoms with Crippen molar-refractivity contribution in [2.45, 2.75) is 92.9 Å². The third-order valence-electron chi connectivity index (χ3n) is 4.10. The predicted octanol–water partition coefficient (Wildman–Crippen LogP) is 7.24. The monoisotopic (exact) mass is 294 g/mol. The lowest BCUT2D eigenvalue weighted by Crippen LogP contribution is -2.09. The van der Waals surface area contributed by atoms with Crippen LogP contribution < -0.4 is 0 Å². The van der Waals surface area contributed by atoms with Crippen molar-refractivity contribution in [1.29, 1.82) is 0 Å². The molecule has 0 aliphatic rings. The molecule has 0 aromatic rings. The van der Waals surface area contributed by atoms with Gasteiger partial charge >= 0.3 is 0 Å². The Bertz CT molecular complexity index is 267. The number of rotatable bonds is 12. The van der Waals surface area contributed by atoms with Crippen molar-refractivity contribution in [1.82, 2.24) is 0 Å². The van der Waals surface area contributed by atoms with E-state index in [1.165, 1.54) is 38.5 Å². The van der Waals surface area contributed by atoms with E-state index in [9.17, 15) is 0 Å². The van der Waals surface area contributed by atoms with Crippen LogP contribution in [0.3, 0.4) is 0 Å². The molecular formula is C20H38O. The van der Waals surface area contributed by atoms with Gasteiger partial charge in [-0.15, -0.1) is 0 Å². The zero-order valence-corrected chi connectivity index (χ0v) is 15.4. The van der Waals surface area contributed by atoms with Crippen LogP contribution in [0.2, 0.25) is 0 Å². The highest BCUT2D eigenvalue weighted by atomic mass is 16.5. The second kappa shape index (κ2) is 10.9. The maximum absolute atomic E-state index is 5.47. The molecule has 0 atom stereocenters. The summed E-state index contributed by atoms with van der Waals surface area (Å²) in [6.45, 7) is 13.8. The van der Waals surface area contributed by atoms with Crippen LogP contribution in [0, 0.1) is 10.8 Å². The molecule has 0 aliphatic heterocycles. The molecule has 0 fully saturated rings. The SMILES string of the molecule is CCCCC(C)(C)CC=COC=CCC(C)(C)CCCC. The fraction of sp³-hybridized carbons (Fsp3) is 0.800. The van der Waals surface area contributed by atoms with Crippen molar-refractivity contribution in [2.24, 2.45) is 10.8 Å². The van der Waals surface area contributed by atoms with Crippen molar-refractivity contribution >= 4 is 0 Å². The average molecular weight is 295 g/mol. The Kier molecular flexibility index (Phi) is 10.6. The van der Waals surface area contributed by atoms with Gasteiger partial charge in [-0.05, 0) is 48.7 Å². The molecule has 21 heavy (non-hydrogen) atoms. The van der Waals surface area contributed by atoms with E-state index in [1.54, 1.807) is 0 Å². The van der Waals surface area contributed by atoms with Gasteiger partial charge in [-0.1, -0.05) is 67.2 Å². The molecule has 0 saturated heterocycles. The van der Waals surface area contributed by atoms with Gasteiger partial charge in [-0.25, -0.2) is 0 Å². The summed E-state index contributed by atoms with van der Waals surface area (Å²) in [5, 5.41) is 0. The maximum Gasteiger partial charge on any atom is 0.0861 e. The van der Waals surface area contributed by atoms with Crippen LogP contribution in [-0.2, 0) is 4.74 Å². The molecule has 0 N–H and O–H groups in total. The van der Waals surface area contributed by atoms with Crippen molar-refractivity contribution in [3.05, 3.63) is 24.7 Å². The highest BCUT2D eigenvalue weighted by Crippen LogP contribution is 2.28. The summed E-state index contributed by atoms with van der Waals surface area (Å²) < 4.78 is 5.47. The van der Waals surface area contributed by atoms with Gasteiger partial charge in [0.2, 0.25) is 0 Å². The number of hydrogen-bond acceptors (Lipinski definition) is 1. The molecule has 124 valence electrons. The van der Waals surface area contributed by atoms with Crippen LogP contribution in [0.1, 0.15) is 92.9 Å². The van der Waals surface area contributed by atoms with Gasteiger partial charge in [0.25, 0.3) is 0 Å². The van der Waals surface area contributed by atoms with E-state index in [-0.39, 0.29) is 0 Å². The summed E-state index contributed by atoms with van der Waals surface area (Å²) in [5.74, 6) is 0. The molecule has 1 heteroatoms. The third-order valence-corrected chi connectivity index (χ3v) is 4.10. The molecule has 0 radical (unpaired) electrons. The summed E-state index contributed by atoms with van der Waals surface area (Å²) in [4.78, 5) is 0. The van der Waals surface area contributed by atoms with Gasteiger partial charge in [0.15, 0.2) is 0 Å². The van der Waals surface area contributed by atoms with Gasteiger partial charge in [-0.3, -0.25) is 0 Å². The molecule has 0 rings (SSSR count).